The summed E-state index contributed by atoms with van der Waals surface area (Å²) in [6, 6.07) is 4.04. The molecule has 1 saturated carbocycles. The lowest BCUT2D eigenvalue weighted by Crippen LogP contribution is -2.30. The SMILES string of the molecule is Cc1ccc(CNCC(O)COCC2CC2)cn1. The van der Waals surface area contributed by atoms with E-state index in [1.165, 1.54) is 12.8 Å². The van der Waals surface area contributed by atoms with E-state index in [0.29, 0.717) is 13.2 Å². The van der Waals surface area contributed by atoms with Gasteiger partial charge in [0, 0.05) is 31.6 Å². The minimum Gasteiger partial charge on any atom is -0.389 e. The molecule has 4 heteroatoms. The van der Waals surface area contributed by atoms with Crippen molar-refractivity contribution in [3.8, 4) is 0 Å². The van der Waals surface area contributed by atoms with E-state index >= 15 is 0 Å². The lowest BCUT2D eigenvalue weighted by molar-refractivity contribution is 0.0324. The van der Waals surface area contributed by atoms with Crippen LogP contribution in [0, 0.1) is 12.8 Å². The van der Waals surface area contributed by atoms with Crippen molar-refractivity contribution in [1.29, 1.82) is 0 Å². The lowest BCUT2D eigenvalue weighted by Gasteiger charge is -2.12. The molecular formula is C14H22N2O2. The Morgan fingerprint density at radius 3 is 3.00 bits per heavy atom. The molecular weight excluding hydrogens is 228 g/mol. The van der Waals surface area contributed by atoms with E-state index in [-0.39, 0.29) is 0 Å². The highest BCUT2D eigenvalue weighted by Gasteiger charge is 2.21. The summed E-state index contributed by atoms with van der Waals surface area (Å²) >= 11 is 0. The van der Waals surface area contributed by atoms with Crippen LogP contribution in [0.5, 0.6) is 0 Å². The van der Waals surface area contributed by atoms with Crippen molar-refractivity contribution in [3.63, 3.8) is 0 Å². The van der Waals surface area contributed by atoms with Gasteiger partial charge < -0.3 is 15.2 Å². The van der Waals surface area contributed by atoms with E-state index < -0.39 is 6.10 Å². The Bertz CT molecular complexity index is 349. The van der Waals surface area contributed by atoms with E-state index in [1.54, 1.807) is 0 Å². The standard InChI is InChI=1S/C14H22N2O2/c1-11-2-3-13(7-16-11)6-15-8-14(17)10-18-9-12-4-5-12/h2-3,7,12,14-15,17H,4-6,8-10H2,1H3. The molecule has 0 saturated heterocycles. The molecule has 2 rings (SSSR count). The summed E-state index contributed by atoms with van der Waals surface area (Å²) in [6.07, 6.45) is 4.00. The fourth-order valence-corrected chi connectivity index (χ4v) is 1.70. The van der Waals surface area contributed by atoms with E-state index in [1.807, 2.05) is 25.3 Å². The predicted octanol–water partition coefficient (Wildman–Crippen LogP) is 1.27. The summed E-state index contributed by atoms with van der Waals surface area (Å²) in [5.41, 5.74) is 2.15. The number of aliphatic hydroxyl groups is 1. The molecule has 2 N–H and O–H groups in total. The van der Waals surface area contributed by atoms with Gasteiger partial charge in [0.2, 0.25) is 0 Å². The summed E-state index contributed by atoms with van der Waals surface area (Å²) in [7, 11) is 0. The zero-order chi connectivity index (χ0) is 12.8. The number of hydrogen-bond donors (Lipinski definition) is 2. The highest BCUT2D eigenvalue weighted by molar-refractivity contribution is 5.12. The average Bonchev–Trinajstić information content (AvgIpc) is 3.16. The van der Waals surface area contributed by atoms with Crippen LogP contribution in [0.3, 0.4) is 0 Å². The molecule has 4 nitrogen and oxygen atoms in total. The Balaban J connectivity index is 1.54. The number of aromatic nitrogens is 1. The summed E-state index contributed by atoms with van der Waals surface area (Å²) in [5, 5.41) is 12.9. The molecule has 1 aromatic heterocycles. The summed E-state index contributed by atoms with van der Waals surface area (Å²) in [6.45, 7) is 4.48. The van der Waals surface area contributed by atoms with Crippen LogP contribution in [-0.2, 0) is 11.3 Å². The quantitative estimate of drug-likeness (QED) is 0.729. The number of aliphatic hydroxyl groups excluding tert-OH is 1. The number of pyridine rings is 1. The molecule has 0 aromatic carbocycles. The zero-order valence-electron chi connectivity index (χ0n) is 10.9. The molecule has 0 radical (unpaired) electrons. The highest BCUT2D eigenvalue weighted by Crippen LogP contribution is 2.28. The first-order chi connectivity index (χ1) is 8.74. The average molecular weight is 250 g/mol. The Labute approximate surface area is 108 Å². The Kier molecular flexibility index (Phi) is 5.11. The van der Waals surface area contributed by atoms with Crippen molar-refractivity contribution in [1.82, 2.24) is 10.3 Å². The third-order valence-corrected chi connectivity index (χ3v) is 3.04. The lowest BCUT2D eigenvalue weighted by atomic mass is 10.2. The van der Waals surface area contributed by atoms with Gasteiger partial charge in [0.25, 0.3) is 0 Å². The van der Waals surface area contributed by atoms with Crippen molar-refractivity contribution in [2.24, 2.45) is 5.92 Å². The minimum atomic E-state index is -0.429. The monoisotopic (exact) mass is 250 g/mol. The van der Waals surface area contributed by atoms with Gasteiger partial charge in [0.05, 0.1) is 12.7 Å². The number of ether oxygens (including phenoxy) is 1. The number of hydrogen-bond acceptors (Lipinski definition) is 4. The molecule has 1 unspecified atom stereocenters. The molecule has 1 atom stereocenters. The maximum absolute atomic E-state index is 9.70. The molecule has 1 aromatic rings. The van der Waals surface area contributed by atoms with Crippen LogP contribution < -0.4 is 5.32 Å². The molecule has 0 amide bonds. The Hall–Kier alpha value is -0.970. The Morgan fingerprint density at radius 2 is 2.33 bits per heavy atom. The van der Waals surface area contributed by atoms with Gasteiger partial charge in [-0.1, -0.05) is 6.07 Å². The first-order valence-electron chi connectivity index (χ1n) is 6.62. The molecule has 1 aliphatic rings. The maximum Gasteiger partial charge on any atom is 0.0897 e. The number of rotatable bonds is 8. The molecule has 1 fully saturated rings. The van der Waals surface area contributed by atoms with Crippen LogP contribution in [0.25, 0.3) is 0 Å². The van der Waals surface area contributed by atoms with Gasteiger partial charge in [0.15, 0.2) is 0 Å². The molecule has 100 valence electrons. The van der Waals surface area contributed by atoms with Gasteiger partial charge in [-0.3, -0.25) is 4.98 Å². The molecule has 1 aliphatic carbocycles. The van der Waals surface area contributed by atoms with Crippen LogP contribution in [0.4, 0.5) is 0 Å². The topological polar surface area (TPSA) is 54.4 Å². The number of nitrogens with zero attached hydrogens (tertiary/aromatic N) is 1. The molecule has 0 spiro atoms. The van der Waals surface area contributed by atoms with Crippen molar-refractivity contribution in [2.45, 2.75) is 32.4 Å². The van der Waals surface area contributed by atoms with Gasteiger partial charge in [-0.25, -0.2) is 0 Å². The maximum atomic E-state index is 9.70. The molecule has 0 bridgehead atoms. The number of aryl methyl sites for hydroxylation is 1. The van der Waals surface area contributed by atoms with Crippen LogP contribution in [0.1, 0.15) is 24.1 Å². The van der Waals surface area contributed by atoms with Crippen LogP contribution >= 0.6 is 0 Å². The van der Waals surface area contributed by atoms with Crippen molar-refractivity contribution in [2.75, 3.05) is 19.8 Å². The smallest absolute Gasteiger partial charge is 0.0897 e. The van der Waals surface area contributed by atoms with Crippen molar-refractivity contribution < 1.29 is 9.84 Å². The first-order valence-corrected chi connectivity index (χ1v) is 6.62. The fraction of sp³-hybridized carbons (Fsp3) is 0.643. The van der Waals surface area contributed by atoms with E-state index in [0.717, 1.165) is 30.3 Å². The third kappa shape index (κ3) is 5.12. The van der Waals surface area contributed by atoms with Gasteiger partial charge in [0.1, 0.15) is 0 Å². The first kappa shape index (κ1) is 13.5. The fourth-order valence-electron chi connectivity index (χ4n) is 1.70. The van der Waals surface area contributed by atoms with Crippen molar-refractivity contribution in [3.05, 3.63) is 29.6 Å². The third-order valence-electron chi connectivity index (χ3n) is 3.04. The summed E-state index contributed by atoms with van der Waals surface area (Å²) < 4.78 is 5.44. The van der Waals surface area contributed by atoms with E-state index in [4.69, 9.17) is 4.74 Å². The van der Waals surface area contributed by atoms with Gasteiger partial charge in [-0.05, 0) is 37.3 Å². The number of nitrogens with one attached hydrogen (secondary N) is 1. The van der Waals surface area contributed by atoms with E-state index in [9.17, 15) is 5.11 Å². The second kappa shape index (κ2) is 6.83. The molecule has 0 aliphatic heterocycles. The van der Waals surface area contributed by atoms with Crippen LogP contribution in [0.15, 0.2) is 18.3 Å². The second-order valence-electron chi connectivity index (χ2n) is 5.07. The van der Waals surface area contributed by atoms with Crippen LogP contribution in [-0.4, -0.2) is 36.0 Å². The van der Waals surface area contributed by atoms with E-state index in [2.05, 4.69) is 10.3 Å². The zero-order valence-corrected chi connectivity index (χ0v) is 10.9. The Morgan fingerprint density at radius 1 is 1.50 bits per heavy atom. The van der Waals surface area contributed by atoms with Gasteiger partial charge in [-0.15, -0.1) is 0 Å². The van der Waals surface area contributed by atoms with Crippen LogP contribution in [0.2, 0.25) is 0 Å². The second-order valence-corrected chi connectivity index (χ2v) is 5.07. The summed E-state index contributed by atoms with van der Waals surface area (Å²) in [5.74, 6) is 0.754. The van der Waals surface area contributed by atoms with Gasteiger partial charge >= 0.3 is 0 Å². The minimum absolute atomic E-state index is 0.426. The molecule has 18 heavy (non-hydrogen) atoms. The largest absolute Gasteiger partial charge is 0.389 e. The normalized spacial score (nSPS) is 16.8. The molecule has 1 heterocycles. The predicted molar refractivity (Wildman–Crippen MR) is 70.2 cm³/mol. The van der Waals surface area contributed by atoms with Gasteiger partial charge in [-0.2, -0.15) is 0 Å². The summed E-state index contributed by atoms with van der Waals surface area (Å²) in [4.78, 5) is 4.23. The highest BCUT2D eigenvalue weighted by atomic mass is 16.5. The van der Waals surface area contributed by atoms with Crippen molar-refractivity contribution >= 4 is 0 Å².